The first-order valence-corrected chi connectivity index (χ1v) is 6.73. The number of carboxylic acid groups (broad SMARTS) is 1. The van der Waals surface area contributed by atoms with Gasteiger partial charge >= 0.3 is 5.97 Å². The maximum absolute atomic E-state index is 11.2. The summed E-state index contributed by atoms with van der Waals surface area (Å²) in [6.07, 6.45) is 4.88. The highest BCUT2D eigenvalue weighted by molar-refractivity contribution is 6.30. The summed E-state index contributed by atoms with van der Waals surface area (Å²) in [4.78, 5) is 15.7. The SMILES string of the molecule is O=C(O)C1=C2NC(Cc3ccc(Cl)cc3)=NC2CC=C1. The third kappa shape index (κ3) is 2.47. The number of aliphatic imine (C=N–C) groups is 1. The quantitative estimate of drug-likeness (QED) is 0.898. The molecule has 0 fully saturated rings. The summed E-state index contributed by atoms with van der Waals surface area (Å²) >= 11 is 5.85. The molecule has 1 aliphatic carbocycles. The van der Waals surface area contributed by atoms with Crippen molar-refractivity contribution in [3.63, 3.8) is 0 Å². The molecule has 2 N–H and O–H groups in total. The van der Waals surface area contributed by atoms with E-state index < -0.39 is 5.97 Å². The zero-order valence-electron chi connectivity index (χ0n) is 10.6. The van der Waals surface area contributed by atoms with Crippen LogP contribution in [0, 0.1) is 0 Å². The van der Waals surface area contributed by atoms with Crippen LogP contribution in [0.3, 0.4) is 0 Å². The lowest BCUT2D eigenvalue weighted by Crippen LogP contribution is -2.25. The number of nitrogens with one attached hydrogen (secondary N) is 1. The van der Waals surface area contributed by atoms with E-state index in [2.05, 4.69) is 10.3 Å². The van der Waals surface area contributed by atoms with Crippen molar-refractivity contribution >= 4 is 23.4 Å². The van der Waals surface area contributed by atoms with Crippen LogP contribution < -0.4 is 5.32 Å². The predicted octanol–water partition coefficient (Wildman–Crippen LogP) is 2.55. The second-order valence-electron chi connectivity index (χ2n) is 4.79. The second kappa shape index (κ2) is 5.13. The minimum atomic E-state index is -0.920. The molecular weight excluding hydrogens is 276 g/mol. The molecule has 20 heavy (non-hydrogen) atoms. The first-order chi connectivity index (χ1) is 9.63. The third-order valence-corrected chi connectivity index (χ3v) is 3.63. The van der Waals surface area contributed by atoms with E-state index in [1.807, 2.05) is 30.3 Å². The number of aliphatic carboxylic acids is 1. The highest BCUT2D eigenvalue weighted by Gasteiger charge is 2.29. The normalized spacial score (nSPS) is 20.4. The zero-order valence-corrected chi connectivity index (χ0v) is 11.4. The van der Waals surface area contributed by atoms with Crippen molar-refractivity contribution in [1.82, 2.24) is 5.32 Å². The van der Waals surface area contributed by atoms with Gasteiger partial charge in [-0.1, -0.05) is 29.8 Å². The summed E-state index contributed by atoms with van der Waals surface area (Å²) in [5.74, 6) is -0.119. The molecule has 0 bridgehead atoms. The topological polar surface area (TPSA) is 61.7 Å². The Morgan fingerprint density at radius 2 is 2.15 bits per heavy atom. The lowest BCUT2D eigenvalue weighted by atomic mass is 10.00. The number of rotatable bonds is 3. The Bertz CT molecular complexity index is 644. The maximum atomic E-state index is 11.2. The summed E-state index contributed by atoms with van der Waals surface area (Å²) in [7, 11) is 0. The maximum Gasteiger partial charge on any atom is 0.337 e. The van der Waals surface area contributed by atoms with Crippen LogP contribution in [0.15, 0.2) is 52.7 Å². The molecule has 102 valence electrons. The summed E-state index contributed by atoms with van der Waals surface area (Å²) in [6, 6.07) is 7.47. The Hall–Kier alpha value is -2.07. The monoisotopic (exact) mass is 288 g/mol. The van der Waals surface area contributed by atoms with Crippen LogP contribution in [0.25, 0.3) is 0 Å². The minimum Gasteiger partial charge on any atom is -0.478 e. The van der Waals surface area contributed by atoms with Gasteiger partial charge in [0.05, 0.1) is 17.3 Å². The van der Waals surface area contributed by atoms with Gasteiger partial charge < -0.3 is 10.4 Å². The second-order valence-corrected chi connectivity index (χ2v) is 5.23. The van der Waals surface area contributed by atoms with E-state index in [9.17, 15) is 9.90 Å². The van der Waals surface area contributed by atoms with Crippen LogP contribution in [0.5, 0.6) is 0 Å². The van der Waals surface area contributed by atoms with Crippen molar-refractivity contribution in [3.05, 3.63) is 58.3 Å². The first-order valence-electron chi connectivity index (χ1n) is 6.35. The fourth-order valence-corrected chi connectivity index (χ4v) is 2.54. The molecule has 0 spiro atoms. The summed E-state index contributed by atoms with van der Waals surface area (Å²) < 4.78 is 0. The number of benzene rings is 1. The van der Waals surface area contributed by atoms with Gasteiger partial charge in [0.15, 0.2) is 0 Å². The molecule has 0 amide bonds. The van der Waals surface area contributed by atoms with Crippen LogP contribution in [0.1, 0.15) is 12.0 Å². The van der Waals surface area contributed by atoms with Crippen LogP contribution in [0.4, 0.5) is 0 Å². The average molecular weight is 289 g/mol. The molecule has 0 radical (unpaired) electrons. The van der Waals surface area contributed by atoms with E-state index in [0.29, 0.717) is 22.7 Å². The molecule has 1 atom stereocenters. The molecule has 0 aromatic heterocycles. The van der Waals surface area contributed by atoms with Crippen LogP contribution in [-0.4, -0.2) is 23.0 Å². The van der Waals surface area contributed by atoms with E-state index in [4.69, 9.17) is 11.6 Å². The van der Waals surface area contributed by atoms with Crippen molar-refractivity contribution < 1.29 is 9.90 Å². The predicted molar refractivity (Wildman–Crippen MR) is 77.9 cm³/mol. The van der Waals surface area contributed by atoms with E-state index in [1.54, 1.807) is 6.08 Å². The molecule has 5 heteroatoms. The lowest BCUT2D eigenvalue weighted by molar-refractivity contribution is -0.132. The highest BCUT2D eigenvalue weighted by Crippen LogP contribution is 2.25. The highest BCUT2D eigenvalue weighted by atomic mass is 35.5. The first kappa shape index (κ1) is 12.9. The molecule has 3 rings (SSSR count). The summed E-state index contributed by atoms with van der Waals surface area (Å²) in [5, 5.41) is 13.0. The Labute approximate surface area is 121 Å². The fraction of sp³-hybridized carbons (Fsp3) is 0.200. The number of amidine groups is 1. The molecule has 1 aromatic carbocycles. The molecular formula is C15H13ClN2O2. The van der Waals surface area contributed by atoms with Gasteiger partial charge in [0.1, 0.15) is 5.84 Å². The molecule has 1 aliphatic heterocycles. The van der Waals surface area contributed by atoms with Gasteiger partial charge in [-0.3, -0.25) is 4.99 Å². The van der Waals surface area contributed by atoms with Gasteiger partial charge in [-0.05, 0) is 30.2 Å². The Morgan fingerprint density at radius 3 is 2.85 bits per heavy atom. The molecule has 1 aromatic rings. The molecule has 1 unspecified atom stereocenters. The van der Waals surface area contributed by atoms with Crippen molar-refractivity contribution in [1.29, 1.82) is 0 Å². The van der Waals surface area contributed by atoms with Gasteiger partial charge in [0.25, 0.3) is 0 Å². The number of hydrogen-bond acceptors (Lipinski definition) is 3. The smallest absolute Gasteiger partial charge is 0.337 e. The Morgan fingerprint density at radius 1 is 1.40 bits per heavy atom. The number of nitrogens with zero attached hydrogens (tertiary/aromatic N) is 1. The number of hydrogen-bond donors (Lipinski definition) is 2. The summed E-state index contributed by atoms with van der Waals surface area (Å²) in [6.45, 7) is 0. The fourth-order valence-electron chi connectivity index (χ4n) is 2.42. The Kier molecular flexibility index (Phi) is 3.32. The largest absolute Gasteiger partial charge is 0.478 e. The van der Waals surface area contributed by atoms with Gasteiger partial charge in [-0.2, -0.15) is 0 Å². The van der Waals surface area contributed by atoms with E-state index >= 15 is 0 Å². The van der Waals surface area contributed by atoms with Crippen molar-refractivity contribution in [2.24, 2.45) is 4.99 Å². The van der Waals surface area contributed by atoms with Gasteiger partial charge in [-0.15, -0.1) is 0 Å². The number of halogens is 1. The van der Waals surface area contributed by atoms with Crippen LogP contribution in [0.2, 0.25) is 5.02 Å². The van der Waals surface area contributed by atoms with Crippen molar-refractivity contribution in [3.8, 4) is 0 Å². The number of fused-ring (bicyclic) bond motifs is 1. The molecule has 4 nitrogen and oxygen atoms in total. The molecule has 2 aliphatic rings. The third-order valence-electron chi connectivity index (χ3n) is 3.37. The minimum absolute atomic E-state index is 0.0894. The van der Waals surface area contributed by atoms with E-state index in [1.165, 1.54) is 0 Å². The van der Waals surface area contributed by atoms with Gasteiger partial charge in [0.2, 0.25) is 0 Å². The van der Waals surface area contributed by atoms with Gasteiger partial charge in [-0.25, -0.2) is 4.79 Å². The number of carbonyl (C=O) groups is 1. The number of carboxylic acids is 1. The van der Waals surface area contributed by atoms with Crippen LogP contribution in [-0.2, 0) is 11.2 Å². The van der Waals surface area contributed by atoms with E-state index in [0.717, 1.165) is 17.8 Å². The average Bonchev–Trinajstić information content (AvgIpc) is 2.83. The Balaban J connectivity index is 1.80. The molecule has 0 saturated carbocycles. The van der Waals surface area contributed by atoms with Crippen molar-refractivity contribution in [2.75, 3.05) is 0 Å². The van der Waals surface area contributed by atoms with Gasteiger partial charge in [0, 0.05) is 11.4 Å². The zero-order chi connectivity index (χ0) is 14.1. The lowest BCUT2D eigenvalue weighted by Gasteiger charge is -2.14. The molecule has 0 saturated heterocycles. The van der Waals surface area contributed by atoms with E-state index in [-0.39, 0.29) is 6.04 Å². The standard InChI is InChI=1S/C15H13ClN2O2/c16-10-6-4-9(5-7-10)8-13-17-12-3-1-2-11(15(19)20)14(12)18-13/h1-2,4-7,12H,3,8H2,(H,17,18)(H,19,20). The molecule has 1 heterocycles. The van der Waals surface area contributed by atoms with Crippen molar-refractivity contribution in [2.45, 2.75) is 18.9 Å². The summed E-state index contributed by atoms with van der Waals surface area (Å²) in [5.41, 5.74) is 2.09. The van der Waals surface area contributed by atoms with Crippen LogP contribution >= 0.6 is 11.6 Å².